The number of carbonyl (C=O) groups is 2. The van der Waals surface area contributed by atoms with Crippen LogP contribution in [0, 0.1) is 0 Å². The number of nitrogens with one attached hydrogen (secondary N) is 1. The van der Waals surface area contributed by atoms with Crippen molar-refractivity contribution in [2.24, 2.45) is 20.7 Å². The molecule has 0 spiro atoms. The molecule has 0 aromatic carbocycles. The molecular weight excluding hydrogens is 440 g/mol. The number of hydrogen-bond donors (Lipinski definition) is 2. The SMILES string of the molecule is NC(=O)NC(=O)[N+](CCCCCCN=C=O)(CCCCCCN=C=O)CCCCCCN=C=O. The summed E-state index contributed by atoms with van der Waals surface area (Å²) < 4.78 is 0.133. The third kappa shape index (κ3) is 16.6. The van der Waals surface area contributed by atoms with Crippen LogP contribution in [0.15, 0.2) is 15.0 Å². The topological polar surface area (TPSA) is 160 Å². The maximum Gasteiger partial charge on any atom is 0.424 e. The number of aliphatic imine (C=N–C) groups is 3. The zero-order valence-corrected chi connectivity index (χ0v) is 20.1. The van der Waals surface area contributed by atoms with Gasteiger partial charge in [-0.3, -0.25) is 0 Å². The number of imide groups is 1. The van der Waals surface area contributed by atoms with Gasteiger partial charge in [-0.15, -0.1) is 0 Å². The average molecular weight is 480 g/mol. The van der Waals surface area contributed by atoms with Gasteiger partial charge in [0.2, 0.25) is 18.2 Å². The van der Waals surface area contributed by atoms with E-state index in [-0.39, 0.29) is 10.5 Å². The highest BCUT2D eigenvalue weighted by molar-refractivity contribution is 5.89. The lowest BCUT2D eigenvalue weighted by atomic mass is 10.1. The van der Waals surface area contributed by atoms with E-state index in [1.54, 1.807) is 0 Å². The number of quaternary nitrogens is 1. The summed E-state index contributed by atoms with van der Waals surface area (Å²) in [5.74, 6) is 0. The summed E-state index contributed by atoms with van der Waals surface area (Å²) >= 11 is 0. The van der Waals surface area contributed by atoms with Crippen molar-refractivity contribution in [1.82, 2.24) is 5.32 Å². The Morgan fingerprint density at radius 2 is 0.912 bits per heavy atom. The molecular formula is C23H39N6O5+. The van der Waals surface area contributed by atoms with Gasteiger partial charge in [-0.1, -0.05) is 19.3 Å². The van der Waals surface area contributed by atoms with E-state index in [2.05, 4.69) is 20.3 Å². The lowest BCUT2D eigenvalue weighted by Gasteiger charge is -2.35. The Kier molecular flexibility index (Phi) is 20.0. The molecule has 0 fully saturated rings. The third-order valence-corrected chi connectivity index (χ3v) is 5.67. The minimum atomic E-state index is -0.863. The number of isocyanates is 3. The molecule has 0 heterocycles. The standard InChI is InChI=1S/C23H38N6O5/c24-22(33)28-23(34)29(16-10-4-1-7-13-25-19-30,17-11-5-2-8-14-26-20-31)18-12-6-3-9-15-27-21-32/h1-18H2,(H2-,24,28,33,34)/p+1. The van der Waals surface area contributed by atoms with Crippen LogP contribution < -0.4 is 11.1 Å². The van der Waals surface area contributed by atoms with Gasteiger partial charge >= 0.3 is 12.1 Å². The van der Waals surface area contributed by atoms with Crippen molar-refractivity contribution in [3.05, 3.63) is 0 Å². The number of primary amides is 1. The second-order valence-corrected chi connectivity index (χ2v) is 8.27. The number of rotatable bonds is 21. The quantitative estimate of drug-likeness (QED) is 0.112. The number of amides is 4. The van der Waals surface area contributed by atoms with Crippen LogP contribution >= 0.6 is 0 Å². The van der Waals surface area contributed by atoms with Crippen molar-refractivity contribution in [3.8, 4) is 0 Å². The normalized spacial score (nSPS) is 11.9. The van der Waals surface area contributed by atoms with Crippen LogP contribution in [-0.2, 0) is 14.4 Å². The van der Waals surface area contributed by atoms with Crippen LogP contribution in [0.3, 0.4) is 0 Å². The molecule has 34 heavy (non-hydrogen) atoms. The van der Waals surface area contributed by atoms with E-state index in [0.29, 0.717) is 39.3 Å². The summed E-state index contributed by atoms with van der Waals surface area (Å²) in [6.45, 7) is 3.11. The zero-order chi connectivity index (χ0) is 25.3. The molecule has 0 aromatic heterocycles. The van der Waals surface area contributed by atoms with E-state index in [0.717, 1.165) is 77.0 Å². The smallest absolute Gasteiger partial charge is 0.351 e. The maximum absolute atomic E-state index is 13.1. The highest BCUT2D eigenvalue weighted by Gasteiger charge is 2.36. The highest BCUT2D eigenvalue weighted by Crippen LogP contribution is 2.18. The van der Waals surface area contributed by atoms with Crippen LogP contribution in [-0.4, -0.2) is 74.1 Å². The van der Waals surface area contributed by atoms with E-state index in [9.17, 15) is 24.0 Å². The second kappa shape index (κ2) is 21.9. The Morgan fingerprint density at radius 1 is 0.588 bits per heavy atom. The van der Waals surface area contributed by atoms with Gasteiger partial charge in [0.15, 0.2) is 0 Å². The molecule has 0 atom stereocenters. The lowest BCUT2D eigenvalue weighted by Crippen LogP contribution is -2.60. The molecule has 190 valence electrons. The van der Waals surface area contributed by atoms with Crippen LogP contribution in [0.4, 0.5) is 9.59 Å². The summed E-state index contributed by atoms with van der Waals surface area (Å²) in [5.41, 5.74) is 5.25. The van der Waals surface area contributed by atoms with Gasteiger partial charge in [0.05, 0.1) is 39.3 Å². The minimum absolute atomic E-state index is 0.133. The molecule has 11 nitrogen and oxygen atoms in total. The third-order valence-electron chi connectivity index (χ3n) is 5.67. The van der Waals surface area contributed by atoms with Gasteiger partial charge < -0.3 is 5.73 Å². The molecule has 0 unspecified atom stereocenters. The van der Waals surface area contributed by atoms with E-state index < -0.39 is 6.03 Å². The van der Waals surface area contributed by atoms with Gasteiger partial charge in [-0.05, 0) is 57.8 Å². The predicted octanol–water partition coefficient (Wildman–Crippen LogP) is 3.28. The van der Waals surface area contributed by atoms with Crippen LogP contribution in [0.2, 0.25) is 0 Å². The lowest BCUT2D eigenvalue weighted by molar-refractivity contribution is -0.851. The molecule has 11 heteroatoms. The fourth-order valence-corrected chi connectivity index (χ4v) is 3.88. The Morgan fingerprint density at radius 3 is 1.21 bits per heavy atom. The summed E-state index contributed by atoms with van der Waals surface area (Å²) in [5, 5.41) is 2.29. The second-order valence-electron chi connectivity index (χ2n) is 8.27. The molecule has 0 rings (SSSR count). The van der Waals surface area contributed by atoms with Gasteiger partial charge in [-0.25, -0.2) is 48.7 Å². The van der Waals surface area contributed by atoms with E-state index in [1.165, 1.54) is 18.2 Å². The maximum atomic E-state index is 13.1. The highest BCUT2D eigenvalue weighted by atomic mass is 16.2. The van der Waals surface area contributed by atoms with E-state index in [4.69, 9.17) is 5.73 Å². The predicted molar refractivity (Wildman–Crippen MR) is 127 cm³/mol. The Bertz CT molecular complexity index is 651. The van der Waals surface area contributed by atoms with Gasteiger partial charge in [0.25, 0.3) is 0 Å². The van der Waals surface area contributed by atoms with Crippen molar-refractivity contribution in [2.75, 3.05) is 39.3 Å². The first-order valence-electron chi connectivity index (χ1n) is 12.1. The van der Waals surface area contributed by atoms with Crippen LogP contribution in [0.1, 0.15) is 77.0 Å². The number of hydrogen-bond acceptors (Lipinski definition) is 8. The summed E-state index contributed by atoms with van der Waals surface area (Å²) in [6.07, 6.45) is 14.6. The molecule has 0 aliphatic heterocycles. The molecule has 0 saturated heterocycles. The number of nitrogens with two attached hydrogens (primary N) is 1. The van der Waals surface area contributed by atoms with Crippen molar-refractivity contribution in [3.63, 3.8) is 0 Å². The van der Waals surface area contributed by atoms with Crippen molar-refractivity contribution in [2.45, 2.75) is 77.0 Å². The first kappa shape index (κ1) is 31.0. The summed E-state index contributed by atoms with van der Waals surface area (Å²) in [7, 11) is 0. The molecule has 0 aliphatic rings. The Balaban J connectivity index is 5.03. The molecule has 0 saturated carbocycles. The van der Waals surface area contributed by atoms with Crippen molar-refractivity contribution >= 4 is 30.3 Å². The average Bonchev–Trinajstić information content (AvgIpc) is 2.81. The first-order valence-corrected chi connectivity index (χ1v) is 12.1. The van der Waals surface area contributed by atoms with Gasteiger partial charge in [0.1, 0.15) is 0 Å². The summed E-state index contributed by atoms with van der Waals surface area (Å²) in [6, 6.07) is -1.24. The number of unbranched alkanes of at least 4 members (excludes halogenated alkanes) is 9. The number of urea groups is 2. The molecule has 3 N–H and O–H groups in total. The molecule has 0 aromatic rings. The molecule has 0 aliphatic carbocycles. The van der Waals surface area contributed by atoms with Crippen LogP contribution in [0.25, 0.3) is 0 Å². The van der Waals surface area contributed by atoms with Crippen molar-refractivity contribution in [1.29, 1.82) is 0 Å². The number of nitrogens with zero attached hydrogens (tertiary/aromatic N) is 4. The zero-order valence-electron chi connectivity index (χ0n) is 20.1. The van der Waals surface area contributed by atoms with Gasteiger partial charge in [-0.2, -0.15) is 0 Å². The monoisotopic (exact) mass is 479 g/mol. The van der Waals surface area contributed by atoms with E-state index in [1.807, 2.05) is 0 Å². The summed E-state index contributed by atoms with van der Waals surface area (Å²) in [4.78, 5) is 65.7. The fraction of sp³-hybridized carbons (Fsp3) is 0.783. The Labute approximate surface area is 201 Å². The largest absolute Gasteiger partial charge is 0.424 e. The van der Waals surface area contributed by atoms with Gasteiger partial charge in [0, 0.05) is 0 Å². The number of carbonyl (C=O) groups excluding carboxylic acids is 5. The molecule has 0 radical (unpaired) electrons. The molecule has 4 amide bonds. The molecule has 0 bridgehead atoms. The Hall–Kier alpha value is -2.96. The van der Waals surface area contributed by atoms with E-state index >= 15 is 0 Å². The minimum Gasteiger partial charge on any atom is -0.351 e. The first-order chi connectivity index (χ1) is 16.5. The fourth-order valence-electron chi connectivity index (χ4n) is 3.88. The van der Waals surface area contributed by atoms with Crippen molar-refractivity contribution < 1.29 is 28.5 Å². The van der Waals surface area contributed by atoms with Crippen LogP contribution in [0.5, 0.6) is 0 Å².